The highest BCUT2D eigenvalue weighted by atomic mass is 35.5. The van der Waals surface area contributed by atoms with Crippen molar-refractivity contribution in [2.75, 3.05) is 11.4 Å². The molecule has 26 heavy (non-hydrogen) atoms. The number of anilines is 1. The van der Waals surface area contributed by atoms with Crippen molar-refractivity contribution in [2.24, 2.45) is 0 Å². The average molecular weight is 365 g/mol. The zero-order chi connectivity index (χ0) is 17.8. The van der Waals surface area contributed by atoms with Gasteiger partial charge in [0.2, 0.25) is 11.3 Å². The van der Waals surface area contributed by atoms with Crippen molar-refractivity contribution in [3.8, 4) is 0 Å². The molecule has 0 radical (unpaired) electrons. The van der Waals surface area contributed by atoms with Crippen molar-refractivity contribution in [1.29, 1.82) is 0 Å². The van der Waals surface area contributed by atoms with Crippen LogP contribution < -0.4 is 10.3 Å². The van der Waals surface area contributed by atoms with E-state index in [9.17, 15) is 9.59 Å². The molecule has 5 rings (SSSR count). The number of hydrogen-bond acceptors (Lipinski definition) is 4. The number of carbonyl (C=O) groups is 1. The van der Waals surface area contributed by atoms with E-state index in [1.54, 1.807) is 35.2 Å². The summed E-state index contributed by atoms with van der Waals surface area (Å²) in [6.07, 6.45) is 2.84. The van der Waals surface area contributed by atoms with Crippen LogP contribution in [0.1, 0.15) is 12.8 Å². The molecule has 0 atom stereocenters. The molecule has 5 nitrogen and oxygen atoms in total. The zero-order valence-corrected chi connectivity index (χ0v) is 14.4. The molecule has 2 aromatic heterocycles. The Hall–Kier alpha value is -2.92. The second kappa shape index (κ2) is 5.54. The van der Waals surface area contributed by atoms with Gasteiger partial charge >= 0.3 is 0 Å². The fourth-order valence-corrected chi connectivity index (χ4v) is 3.82. The normalized spacial score (nSPS) is 14.8. The van der Waals surface area contributed by atoms with Gasteiger partial charge in [0.05, 0.1) is 27.0 Å². The Morgan fingerprint density at radius 2 is 1.92 bits per heavy atom. The van der Waals surface area contributed by atoms with E-state index in [1.165, 1.54) is 6.20 Å². The second-order valence-corrected chi connectivity index (χ2v) is 6.81. The molecule has 1 saturated heterocycles. The van der Waals surface area contributed by atoms with E-state index in [4.69, 9.17) is 16.0 Å². The van der Waals surface area contributed by atoms with Gasteiger partial charge in [0.15, 0.2) is 0 Å². The van der Waals surface area contributed by atoms with Crippen LogP contribution in [-0.4, -0.2) is 17.4 Å². The maximum absolute atomic E-state index is 12.8. The molecule has 1 amide bonds. The van der Waals surface area contributed by atoms with Gasteiger partial charge < -0.3 is 9.32 Å². The highest BCUT2D eigenvalue weighted by Crippen LogP contribution is 2.35. The van der Waals surface area contributed by atoms with Gasteiger partial charge in [0.1, 0.15) is 11.2 Å². The summed E-state index contributed by atoms with van der Waals surface area (Å²) >= 11 is 6.40. The van der Waals surface area contributed by atoms with Gasteiger partial charge in [-0.25, -0.2) is 0 Å². The number of nitrogens with zero attached hydrogens (tertiary/aromatic N) is 2. The number of carbonyl (C=O) groups excluding carboxylic acids is 1. The number of rotatable bonds is 1. The standard InChI is InChI=1S/C20H13ClN2O3/c21-14-9-15-12(8-16(14)23-7-3-6-18(23)24)20-13(10-22-15)19(25)11-4-1-2-5-17(11)26-20/h1-2,4-5,8-10H,3,6-7H2. The predicted octanol–water partition coefficient (Wildman–Crippen LogP) is 4.27. The van der Waals surface area contributed by atoms with Crippen molar-refractivity contribution in [1.82, 2.24) is 4.98 Å². The lowest BCUT2D eigenvalue weighted by atomic mass is 10.1. The number of benzene rings is 2. The predicted molar refractivity (Wildman–Crippen MR) is 102 cm³/mol. The SMILES string of the molecule is O=C1CCCN1c1cc2c(cc1Cl)ncc1c(=O)c3ccccc3oc12. The molecule has 2 aromatic carbocycles. The quantitative estimate of drug-likeness (QED) is 0.373. The molecule has 3 heterocycles. The molecule has 1 aliphatic heterocycles. The summed E-state index contributed by atoms with van der Waals surface area (Å²) < 4.78 is 6.04. The molecular weight excluding hydrogens is 352 g/mol. The first-order valence-corrected chi connectivity index (χ1v) is 8.75. The number of amides is 1. The minimum absolute atomic E-state index is 0.0475. The monoisotopic (exact) mass is 364 g/mol. The third-order valence-corrected chi connectivity index (χ3v) is 5.14. The third kappa shape index (κ3) is 2.14. The second-order valence-electron chi connectivity index (χ2n) is 6.40. The smallest absolute Gasteiger partial charge is 0.227 e. The third-order valence-electron chi connectivity index (χ3n) is 4.84. The molecule has 0 N–H and O–H groups in total. The van der Waals surface area contributed by atoms with Crippen LogP contribution in [-0.2, 0) is 4.79 Å². The number of hydrogen-bond donors (Lipinski definition) is 0. The molecule has 0 spiro atoms. The lowest BCUT2D eigenvalue weighted by Crippen LogP contribution is -2.24. The summed E-state index contributed by atoms with van der Waals surface area (Å²) in [4.78, 5) is 31.0. The number of para-hydroxylation sites is 1. The largest absolute Gasteiger partial charge is 0.455 e. The summed E-state index contributed by atoms with van der Waals surface area (Å²) in [5, 5.41) is 2.06. The van der Waals surface area contributed by atoms with Crippen LogP contribution >= 0.6 is 11.6 Å². The van der Waals surface area contributed by atoms with E-state index < -0.39 is 0 Å². The van der Waals surface area contributed by atoms with Gasteiger partial charge in [0, 0.05) is 24.5 Å². The Morgan fingerprint density at radius 3 is 2.73 bits per heavy atom. The summed E-state index contributed by atoms with van der Waals surface area (Å²) in [6, 6.07) is 10.6. The summed E-state index contributed by atoms with van der Waals surface area (Å²) in [7, 11) is 0. The molecule has 4 aromatic rings. The van der Waals surface area contributed by atoms with Crippen LogP contribution in [0.3, 0.4) is 0 Å². The first-order valence-electron chi connectivity index (χ1n) is 8.38. The summed E-state index contributed by atoms with van der Waals surface area (Å²) in [5.41, 5.74) is 2.11. The van der Waals surface area contributed by atoms with Crippen LogP contribution in [0.25, 0.3) is 32.8 Å². The van der Waals surface area contributed by atoms with Crippen LogP contribution in [0.2, 0.25) is 5.02 Å². The number of fused-ring (bicyclic) bond motifs is 4. The van der Waals surface area contributed by atoms with Crippen LogP contribution in [0.5, 0.6) is 0 Å². The number of aromatic nitrogens is 1. The zero-order valence-electron chi connectivity index (χ0n) is 13.7. The molecule has 128 valence electrons. The minimum atomic E-state index is -0.120. The summed E-state index contributed by atoms with van der Waals surface area (Å²) in [6.45, 7) is 0.634. The summed E-state index contributed by atoms with van der Waals surface area (Å²) in [5.74, 6) is 0.0475. The topological polar surface area (TPSA) is 63.4 Å². The van der Waals surface area contributed by atoms with Crippen LogP contribution in [0.15, 0.2) is 51.8 Å². The lowest BCUT2D eigenvalue weighted by Gasteiger charge is -2.18. The fourth-order valence-electron chi connectivity index (χ4n) is 3.56. The Kier molecular flexibility index (Phi) is 3.27. The molecule has 0 aliphatic carbocycles. The highest BCUT2D eigenvalue weighted by Gasteiger charge is 2.24. The Morgan fingerprint density at radius 1 is 1.08 bits per heavy atom. The van der Waals surface area contributed by atoms with E-state index in [0.29, 0.717) is 56.5 Å². The maximum atomic E-state index is 12.8. The van der Waals surface area contributed by atoms with Gasteiger partial charge in [-0.05, 0) is 30.7 Å². The van der Waals surface area contributed by atoms with Crippen molar-refractivity contribution < 1.29 is 9.21 Å². The molecule has 0 unspecified atom stereocenters. The van der Waals surface area contributed by atoms with Crippen molar-refractivity contribution in [3.05, 3.63) is 57.8 Å². The fraction of sp³-hybridized carbons (Fsp3) is 0.150. The lowest BCUT2D eigenvalue weighted by molar-refractivity contribution is -0.117. The molecule has 0 saturated carbocycles. The van der Waals surface area contributed by atoms with Crippen molar-refractivity contribution >= 4 is 56.0 Å². The number of pyridine rings is 1. The highest BCUT2D eigenvalue weighted by molar-refractivity contribution is 6.35. The van der Waals surface area contributed by atoms with Gasteiger partial charge in [-0.15, -0.1) is 0 Å². The Bertz CT molecular complexity index is 1280. The van der Waals surface area contributed by atoms with Crippen LogP contribution in [0.4, 0.5) is 5.69 Å². The van der Waals surface area contributed by atoms with Gasteiger partial charge in [-0.3, -0.25) is 14.6 Å². The van der Waals surface area contributed by atoms with Crippen molar-refractivity contribution in [3.63, 3.8) is 0 Å². The average Bonchev–Trinajstić information content (AvgIpc) is 3.07. The molecular formula is C20H13ClN2O3. The first kappa shape index (κ1) is 15.3. The maximum Gasteiger partial charge on any atom is 0.227 e. The molecule has 1 aliphatic rings. The number of halogens is 1. The molecule has 6 heteroatoms. The van der Waals surface area contributed by atoms with Crippen molar-refractivity contribution in [2.45, 2.75) is 12.8 Å². The van der Waals surface area contributed by atoms with E-state index in [1.807, 2.05) is 6.07 Å². The minimum Gasteiger partial charge on any atom is -0.455 e. The van der Waals surface area contributed by atoms with Gasteiger partial charge in [0.25, 0.3) is 0 Å². The van der Waals surface area contributed by atoms with E-state index >= 15 is 0 Å². The van der Waals surface area contributed by atoms with E-state index in [2.05, 4.69) is 4.98 Å². The Balaban J connectivity index is 1.89. The van der Waals surface area contributed by atoms with E-state index in [-0.39, 0.29) is 11.3 Å². The molecule has 1 fully saturated rings. The van der Waals surface area contributed by atoms with Crippen LogP contribution in [0, 0.1) is 0 Å². The van der Waals surface area contributed by atoms with Gasteiger partial charge in [-0.2, -0.15) is 0 Å². The first-order chi connectivity index (χ1) is 12.6. The molecule has 0 bridgehead atoms. The van der Waals surface area contributed by atoms with E-state index in [0.717, 1.165) is 6.42 Å². The van der Waals surface area contributed by atoms with Gasteiger partial charge in [-0.1, -0.05) is 23.7 Å². The Labute approximate surface area is 152 Å².